The fourth-order valence-electron chi connectivity index (χ4n) is 7.26. The van der Waals surface area contributed by atoms with Crippen LogP contribution in [0.4, 0.5) is 10.2 Å². The molecular weight excluding hydrogens is 786 g/mol. The lowest BCUT2D eigenvalue weighted by Crippen LogP contribution is -2.57. The molecule has 13 heteroatoms. The van der Waals surface area contributed by atoms with Crippen LogP contribution in [0.2, 0.25) is 18.1 Å². The second-order valence-electron chi connectivity index (χ2n) is 16.2. The monoisotopic (exact) mass is 835 g/mol. The average molecular weight is 836 g/mol. The maximum Gasteiger partial charge on any atom is 0.256 e. The lowest BCUT2D eigenvalue weighted by molar-refractivity contribution is -0.165. The third-order valence-corrected chi connectivity index (χ3v) is 17.1. The van der Waals surface area contributed by atoms with Crippen LogP contribution in [0.3, 0.4) is 0 Å². The number of aromatic nitrogens is 2. The molecule has 1 amide bonds. The first-order valence-electron chi connectivity index (χ1n) is 19.4. The van der Waals surface area contributed by atoms with Gasteiger partial charge in [0.2, 0.25) is 0 Å². The number of nitrogens with zero attached hydrogens (tertiary/aromatic N) is 2. The van der Waals surface area contributed by atoms with E-state index in [1.54, 1.807) is 43.9 Å². The quantitative estimate of drug-likeness (QED) is 0.0817. The van der Waals surface area contributed by atoms with Gasteiger partial charge in [0.1, 0.15) is 41.2 Å². The number of benzene rings is 4. The van der Waals surface area contributed by atoms with Crippen LogP contribution in [0, 0.1) is 0 Å². The Labute approximate surface area is 349 Å². The van der Waals surface area contributed by atoms with E-state index in [9.17, 15) is 9.90 Å². The van der Waals surface area contributed by atoms with Crippen molar-refractivity contribution in [3.63, 3.8) is 0 Å². The molecule has 1 aliphatic heterocycles. The number of amides is 1. The summed E-state index contributed by atoms with van der Waals surface area (Å²) in [7, 11) is 0.502. The third kappa shape index (κ3) is 8.02. The van der Waals surface area contributed by atoms with Gasteiger partial charge in [-0.3, -0.25) is 4.79 Å². The van der Waals surface area contributed by atoms with Gasteiger partial charge >= 0.3 is 0 Å². The predicted octanol–water partition coefficient (Wildman–Crippen LogP) is 9.50. The Hall–Kier alpha value is -5.02. The molecule has 10 nitrogen and oxygen atoms in total. The maximum atomic E-state index is 17.7. The number of thiophene rings is 1. The minimum atomic E-state index is -2.72. The maximum absolute atomic E-state index is 17.7. The molecule has 1 fully saturated rings. The Morgan fingerprint density at radius 2 is 1.42 bits per heavy atom. The molecule has 59 heavy (non-hydrogen) atoms. The topological polar surface area (TPSA) is 121 Å². The van der Waals surface area contributed by atoms with Crippen LogP contribution in [0.15, 0.2) is 121 Å². The zero-order valence-corrected chi connectivity index (χ0v) is 36.1. The van der Waals surface area contributed by atoms with E-state index in [1.165, 1.54) is 17.7 Å². The van der Waals surface area contributed by atoms with E-state index in [-0.39, 0.29) is 17.6 Å². The molecule has 0 unspecified atom stereocenters. The van der Waals surface area contributed by atoms with Crippen LogP contribution in [0.1, 0.15) is 59.5 Å². The van der Waals surface area contributed by atoms with Crippen molar-refractivity contribution in [1.29, 1.82) is 0 Å². The fraction of sp³-hybridized carbons (Fsp3) is 0.326. The Bertz CT molecular complexity index is 2310. The van der Waals surface area contributed by atoms with Crippen molar-refractivity contribution in [2.45, 2.75) is 68.5 Å². The molecule has 3 heterocycles. The van der Waals surface area contributed by atoms with Crippen molar-refractivity contribution in [2.24, 2.45) is 0 Å². The molecule has 0 bridgehead atoms. The standard InChI is InChI=1S/C46H50FN3O7SSi/c1-44(2,3)59(6,7)57-41-37(47)39(36-26-58-40-38(36)48-29-49-42(40)50-43(52)30-14-10-8-11-15-30)56-45(41,27-51)28-55-46(31-16-12-9-13-17-31,32-18-22-34(53-4)23-19-32)33-20-24-35(54-5)25-21-33/h8-26,29,37,39,41,51H,27-28H2,1-7H3,(H,48,49,50,52)/t37-,39-,41-,45-/m0/s1. The summed E-state index contributed by atoms with van der Waals surface area (Å²) >= 11 is 1.28. The van der Waals surface area contributed by atoms with E-state index in [0.29, 0.717) is 38.7 Å². The molecule has 0 spiro atoms. The molecule has 0 radical (unpaired) electrons. The van der Waals surface area contributed by atoms with Crippen molar-refractivity contribution in [3.8, 4) is 11.5 Å². The van der Waals surface area contributed by atoms with Crippen LogP contribution in [-0.2, 0) is 19.5 Å². The highest BCUT2D eigenvalue weighted by Gasteiger charge is 2.60. The number of alkyl halides is 1. The summed E-state index contributed by atoms with van der Waals surface area (Å²) in [5, 5.41) is 15.9. The van der Waals surface area contributed by atoms with Crippen LogP contribution in [-0.4, -0.2) is 74.6 Å². The molecule has 0 saturated carbocycles. The lowest BCUT2D eigenvalue weighted by Gasteiger charge is -2.44. The Balaban J connectivity index is 1.34. The number of fused-ring (bicyclic) bond motifs is 1. The highest BCUT2D eigenvalue weighted by Crippen LogP contribution is 2.51. The number of carbonyl (C=O) groups excluding carboxylic acids is 1. The Kier molecular flexibility index (Phi) is 12.1. The second-order valence-corrected chi connectivity index (χ2v) is 21.8. The number of hydrogen-bond acceptors (Lipinski definition) is 10. The van der Waals surface area contributed by atoms with Gasteiger partial charge in [-0.25, -0.2) is 14.4 Å². The molecule has 1 aliphatic rings. The summed E-state index contributed by atoms with van der Waals surface area (Å²) < 4.78 is 50.4. The Morgan fingerprint density at radius 3 is 1.97 bits per heavy atom. The molecule has 4 atom stereocenters. The van der Waals surface area contributed by atoms with Crippen molar-refractivity contribution in [1.82, 2.24) is 9.97 Å². The number of nitrogens with one attached hydrogen (secondary N) is 1. The first kappa shape index (κ1) is 42.1. The molecule has 2 N–H and O–H groups in total. The number of carbonyl (C=O) groups is 1. The number of hydrogen-bond donors (Lipinski definition) is 2. The average Bonchev–Trinajstić information content (AvgIpc) is 3.80. The van der Waals surface area contributed by atoms with E-state index in [0.717, 1.165) is 16.7 Å². The number of aliphatic hydroxyl groups is 1. The molecule has 7 rings (SSSR count). The largest absolute Gasteiger partial charge is 0.497 e. The lowest BCUT2D eigenvalue weighted by atomic mass is 9.79. The van der Waals surface area contributed by atoms with E-state index in [4.69, 9.17) is 23.4 Å². The normalized spacial score (nSPS) is 19.8. The number of halogens is 1. The van der Waals surface area contributed by atoms with Gasteiger partial charge in [0.25, 0.3) is 5.91 Å². The van der Waals surface area contributed by atoms with Gasteiger partial charge in [-0.05, 0) is 76.6 Å². The summed E-state index contributed by atoms with van der Waals surface area (Å²) in [6.45, 7) is 9.45. The van der Waals surface area contributed by atoms with Crippen molar-refractivity contribution in [2.75, 3.05) is 32.8 Å². The molecule has 0 aliphatic carbocycles. The molecular formula is C46H50FN3O7SSi. The summed E-state index contributed by atoms with van der Waals surface area (Å²) in [5.41, 5.74) is 0.694. The van der Waals surface area contributed by atoms with Crippen molar-refractivity contribution in [3.05, 3.63) is 149 Å². The van der Waals surface area contributed by atoms with Gasteiger partial charge < -0.3 is 33.8 Å². The van der Waals surface area contributed by atoms with Gasteiger partial charge in [-0.1, -0.05) is 93.6 Å². The highest BCUT2D eigenvalue weighted by atomic mass is 32.1. The number of anilines is 1. The molecule has 4 aromatic carbocycles. The number of aliphatic hydroxyl groups excluding tert-OH is 1. The van der Waals surface area contributed by atoms with Crippen molar-refractivity contribution >= 4 is 41.6 Å². The number of methoxy groups -OCH3 is 2. The zero-order chi connectivity index (χ0) is 42.0. The fourth-order valence-corrected chi connectivity index (χ4v) is 9.58. The van der Waals surface area contributed by atoms with Crippen LogP contribution >= 0.6 is 11.3 Å². The van der Waals surface area contributed by atoms with Gasteiger partial charge in [-0.15, -0.1) is 11.3 Å². The van der Waals surface area contributed by atoms with E-state index in [2.05, 4.69) is 36.1 Å². The number of ether oxygens (including phenoxy) is 4. The first-order chi connectivity index (χ1) is 28.3. The van der Waals surface area contributed by atoms with Crippen molar-refractivity contribution < 1.29 is 37.7 Å². The van der Waals surface area contributed by atoms with E-state index in [1.807, 2.05) is 98.0 Å². The van der Waals surface area contributed by atoms with E-state index >= 15 is 4.39 Å². The smallest absolute Gasteiger partial charge is 0.256 e. The SMILES string of the molecule is COc1ccc(C(OC[C@]2(CO)O[C@@H](c3csc4c(NC(=O)c5ccccc5)ncnc34)[C@H](F)[C@@H]2O[Si](C)(C)C(C)(C)C)(c2ccccc2)c2ccc(OC)cc2)cc1. The second kappa shape index (κ2) is 16.9. The molecule has 1 saturated heterocycles. The van der Waals surface area contributed by atoms with Crippen LogP contribution in [0.5, 0.6) is 11.5 Å². The first-order valence-corrected chi connectivity index (χ1v) is 23.2. The summed E-state index contributed by atoms with van der Waals surface area (Å²) in [5.74, 6) is 1.29. The Morgan fingerprint density at radius 1 is 0.864 bits per heavy atom. The van der Waals surface area contributed by atoms with Crippen LogP contribution < -0.4 is 14.8 Å². The molecule has 308 valence electrons. The molecule has 6 aromatic rings. The van der Waals surface area contributed by atoms with Gasteiger partial charge in [0.05, 0.1) is 37.6 Å². The summed E-state index contributed by atoms with van der Waals surface area (Å²) in [4.78, 5) is 22.1. The number of rotatable bonds is 14. The third-order valence-electron chi connectivity index (χ3n) is 11.6. The highest BCUT2D eigenvalue weighted by molar-refractivity contribution is 7.18. The van der Waals surface area contributed by atoms with Gasteiger partial charge in [0.15, 0.2) is 20.3 Å². The van der Waals surface area contributed by atoms with Gasteiger partial charge in [0, 0.05) is 11.1 Å². The summed E-state index contributed by atoms with van der Waals surface area (Å²) in [6.07, 6.45) is -2.86. The zero-order valence-electron chi connectivity index (χ0n) is 34.3. The molecule has 2 aromatic heterocycles. The predicted molar refractivity (Wildman–Crippen MR) is 231 cm³/mol. The summed E-state index contributed by atoms with van der Waals surface area (Å²) in [6, 6.07) is 33.8. The minimum Gasteiger partial charge on any atom is -0.497 e. The van der Waals surface area contributed by atoms with Gasteiger partial charge in [-0.2, -0.15) is 0 Å². The van der Waals surface area contributed by atoms with E-state index < -0.39 is 44.5 Å². The minimum absolute atomic E-state index is 0.276. The van der Waals surface area contributed by atoms with Crippen LogP contribution in [0.25, 0.3) is 10.2 Å².